The predicted octanol–water partition coefficient (Wildman–Crippen LogP) is 3.55. The van der Waals surface area contributed by atoms with Gasteiger partial charge in [-0.1, -0.05) is 6.08 Å². The second-order valence-electron chi connectivity index (χ2n) is 6.74. The summed E-state index contributed by atoms with van der Waals surface area (Å²) in [6, 6.07) is 4.78. The molecule has 1 aliphatic carbocycles. The molecule has 1 atom stereocenters. The number of allylic oxidation sites excluding steroid dienone is 2. The molecule has 28 heavy (non-hydrogen) atoms. The first-order valence-corrected chi connectivity index (χ1v) is 10.2. The zero-order valence-corrected chi connectivity index (χ0v) is 15.9. The standard InChI is InChI=1S/C18H20F3N3O3S/c1-11(25)14-9-13(7-8-16(14)28(22,26)27)24-15(12-5-3-2-4-6-12)10-17(23-24)18(19,20)21/h5,7-11,25H,2-4,6H2,1H3,(H2,22,26,27). The third-order valence-electron chi connectivity index (χ3n) is 4.61. The highest BCUT2D eigenvalue weighted by atomic mass is 32.2. The van der Waals surface area contributed by atoms with Crippen molar-refractivity contribution in [2.24, 2.45) is 5.14 Å². The highest BCUT2D eigenvalue weighted by molar-refractivity contribution is 7.89. The van der Waals surface area contributed by atoms with Gasteiger partial charge in [0.15, 0.2) is 5.69 Å². The van der Waals surface area contributed by atoms with Gasteiger partial charge in [0.1, 0.15) is 0 Å². The maximum atomic E-state index is 13.3. The van der Waals surface area contributed by atoms with Crippen molar-refractivity contribution in [3.05, 3.63) is 47.3 Å². The fourth-order valence-electron chi connectivity index (χ4n) is 3.27. The van der Waals surface area contributed by atoms with E-state index in [1.165, 1.54) is 25.1 Å². The van der Waals surface area contributed by atoms with Crippen molar-refractivity contribution in [2.75, 3.05) is 0 Å². The third-order valence-corrected chi connectivity index (χ3v) is 5.60. The first-order chi connectivity index (χ1) is 13.0. The smallest absolute Gasteiger partial charge is 0.389 e. The predicted molar refractivity (Wildman–Crippen MR) is 97.0 cm³/mol. The number of primary sulfonamides is 1. The zero-order chi connectivity index (χ0) is 20.7. The van der Waals surface area contributed by atoms with Crippen molar-refractivity contribution in [2.45, 2.75) is 49.8 Å². The molecule has 0 saturated heterocycles. The summed E-state index contributed by atoms with van der Waals surface area (Å²) < 4.78 is 64.4. The number of rotatable bonds is 4. The summed E-state index contributed by atoms with van der Waals surface area (Å²) in [7, 11) is -4.11. The summed E-state index contributed by atoms with van der Waals surface area (Å²) in [6.45, 7) is 1.35. The van der Waals surface area contributed by atoms with Crippen LogP contribution in [0.5, 0.6) is 0 Å². The number of hydrogen-bond donors (Lipinski definition) is 2. The van der Waals surface area contributed by atoms with Crippen LogP contribution < -0.4 is 5.14 Å². The summed E-state index contributed by atoms with van der Waals surface area (Å²) >= 11 is 0. The maximum absolute atomic E-state index is 13.3. The molecule has 3 N–H and O–H groups in total. The molecule has 0 spiro atoms. The lowest BCUT2D eigenvalue weighted by atomic mass is 9.97. The Morgan fingerprint density at radius 1 is 1.25 bits per heavy atom. The average molecular weight is 415 g/mol. The van der Waals surface area contributed by atoms with E-state index in [1.54, 1.807) is 0 Å². The molecule has 0 saturated carbocycles. The number of hydrogen-bond acceptors (Lipinski definition) is 4. The molecular formula is C18H20F3N3O3S. The topological polar surface area (TPSA) is 98.2 Å². The highest BCUT2D eigenvalue weighted by Crippen LogP contribution is 2.35. The van der Waals surface area contributed by atoms with E-state index in [0.717, 1.165) is 35.6 Å². The monoisotopic (exact) mass is 415 g/mol. The fourth-order valence-corrected chi connectivity index (χ4v) is 4.08. The summed E-state index contributed by atoms with van der Waals surface area (Å²) in [5.74, 6) is 0. The lowest BCUT2D eigenvalue weighted by Crippen LogP contribution is -2.16. The van der Waals surface area contributed by atoms with Gasteiger partial charge in [0, 0.05) is 5.56 Å². The van der Waals surface area contributed by atoms with Crippen LogP contribution in [-0.2, 0) is 16.2 Å². The highest BCUT2D eigenvalue weighted by Gasteiger charge is 2.35. The molecule has 1 heterocycles. The maximum Gasteiger partial charge on any atom is 0.435 e. The molecule has 10 heteroatoms. The van der Waals surface area contributed by atoms with Crippen LogP contribution in [-0.4, -0.2) is 23.3 Å². The van der Waals surface area contributed by atoms with Crippen molar-refractivity contribution in [3.63, 3.8) is 0 Å². The van der Waals surface area contributed by atoms with Gasteiger partial charge in [-0.05, 0) is 62.4 Å². The molecule has 3 rings (SSSR count). The second-order valence-corrected chi connectivity index (χ2v) is 8.27. The van der Waals surface area contributed by atoms with Crippen LogP contribution in [0.25, 0.3) is 11.3 Å². The molecular weight excluding hydrogens is 395 g/mol. The number of nitrogens with two attached hydrogens (primary N) is 1. The number of halogens is 3. The van der Waals surface area contributed by atoms with Gasteiger partial charge in [0.25, 0.3) is 0 Å². The lowest BCUT2D eigenvalue weighted by molar-refractivity contribution is -0.141. The summed E-state index contributed by atoms with van der Waals surface area (Å²) in [4.78, 5) is -0.284. The van der Waals surface area contributed by atoms with E-state index >= 15 is 0 Å². The van der Waals surface area contributed by atoms with Crippen molar-refractivity contribution in [1.82, 2.24) is 9.78 Å². The molecule has 0 fully saturated rings. The molecule has 2 aromatic rings. The quantitative estimate of drug-likeness (QED) is 0.798. The van der Waals surface area contributed by atoms with Crippen LogP contribution in [0.2, 0.25) is 0 Å². The van der Waals surface area contributed by atoms with Crippen LogP contribution in [0.4, 0.5) is 13.2 Å². The average Bonchev–Trinajstić information content (AvgIpc) is 3.07. The molecule has 0 bridgehead atoms. The van der Waals surface area contributed by atoms with Gasteiger partial charge in [0.05, 0.1) is 22.4 Å². The van der Waals surface area contributed by atoms with E-state index < -0.39 is 28.0 Å². The van der Waals surface area contributed by atoms with Gasteiger partial charge in [-0.25, -0.2) is 18.2 Å². The van der Waals surface area contributed by atoms with Crippen LogP contribution in [0.3, 0.4) is 0 Å². The van der Waals surface area contributed by atoms with Gasteiger partial charge in [0.2, 0.25) is 10.0 Å². The second kappa shape index (κ2) is 7.34. The Hall–Kier alpha value is -2.17. The van der Waals surface area contributed by atoms with E-state index in [4.69, 9.17) is 5.14 Å². The van der Waals surface area contributed by atoms with Gasteiger partial charge in [-0.2, -0.15) is 18.3 Å². The Morgan fingerprint density at radius 2 is 1.96 bits per heavy atom. The number of aromatic nitrogens is 2. The molecule has 6 nitrogen and oxygen atoms in total. The molecule has 152 valence electrons. The lowest BCUT2D eigenvalue weighted by Gasteiger charge is -2.17. The molecule has 0 amide bonds. The third kappa shape index (κ3) is 4.13. The molecule has 1 unspecified atom stereocenters. The Labute approximate surface area is 160 Å². The van der Waals surface area contributed by atoms with Gasteiger partial charge in [-0.3, -0.25) is 0 Å². The van der Waals surface area contributed by atoms with Crippen molar-refractivity contribution in [1.29, 1.82) is 0 Å². The first kappa shape index (κ1) is 20.6. The summed E-state index contributed by atoms with van der Waals surface area (Å²) in [5.41, 5.74) is 0.214. The molecule has 1 aromatic heterocycles. The fraction of sp³-hybridized carbons (Fsp3) is 0.389. The SMILES string of the molecule is CC(O)c1cc(-n2nc(C(F)(F)F)cc2C2=CCCCC2)ccc1S(N)(=O)=O. The van der Waals surface area contributed by atoms with Crippen molar-refractivity contribution in [3.8, 4) is 5.69 Å². The Kier molecular flexibility index (Phi) is 5.39. The minimum atomic E-state index is -4.62. The van der Waals surface area contributed by atoms with E-state index in [1.807, 2.05) is 6.08 Å². The summed E-state index contributed by atoms with van der Waals surface area (Å²) in [5, 5.41) is 18.8. The largest absolute Gasteiger partial charge is 0.435 e. The van der Waals surface area contributed by atoms with Gasteiger partial charge >= 0.3 is 6.18 Å². The van der Waals surface area contributed by atoms with E-state index in [9.17, 15) is 26.7 Å². The van der Waals surface area contributed by atoms with E-state index in [-0.39, 0.29) is 16.1 Å². The minimum absolute atomic E-state index is 0.00682. The van der Waals surface area contributed by atoms with Crippen LogP contribution in [0.1, 0.15) is 55.7 Å². The number of sulfonamides is 1. The van der Waals surface area contributed by atoms with Crippen LogP contribution in [0, 0.1) is 0 Å². The Balaban J connectivity index is 2.21. The zero-order valence-electron chi connectivity index (χ0n) is 15.1. The Morgan fingerprint density at radius 3 is 2.50 bits per heavy atom. The first-order valence-electron chi connectivity index (χ1n) is 8.70. The van der Waals surface area contributed by atoms with Gasteiger partial charge < -0.3 is 5.11 Å². The number of alkyl halides is 3. The van der Waals surface area contributed by atoms with E-state index in [2.05, 4.69) is 5.10 Å². The number of aliphatic hydroxyl groups is 1. The Bertz CT molecular complexity index is 1020. The number of aliphatic hydroxyl groups excluding tert-OH is 1. The van der Waals surface area contributed by atoms with Gasteiger partial charge in [-0.15, -0.1) is 0 Å². The minimum Gasteiger partial charge on any atom is -0.389 e. The molecule has 0 aliphatic heterocycles. The molecule has 0 radical (unpaired) electrons. The molecule has 1 aliphatic rings. The molecule has 1 aromatic carbocycles. The normalized spacial score (nSPS) is 16.7. The van der Waals surface area contributed by atoms with Crippen molar-refractivity contribution < 1.29 is 26.7 Å². The van der Waals surface area contributed by atoms with Crippen LogP contribution in [0.15, 0.2) is 35.2 Å². The summed E-state index contributed by atoms with van der Waals surface area (Å²) in [6.07, 6.45) is -0.690. The number of benzene rings is 1. The van der Waals surface area contributed by atoms with E-state index in [0.29, 0.717) is 12.1 Å². The van der Waals surface area contributed by atoms with Crippen LogP contribution >= 0.6 is 0 Å². The number of nitrogens with zero attached hydrogens (tertiary/aromatic N) is 2. The van der Waals surface area contributed by atoms with Crippen molar-refractivity contribution >= 4 is 15.6 Å².